The molecule has 5 nitrogen and oxygen atoms in total. The topological polar surface area (TPSA) is 55.6 Å². The Morgan fingerprint density at radius 2 is 0.837 bits per heavy atom. The summed E-state index contributed by atoms with van der Waals surface area (Å²) in [6.45, 7) is 0. The molecule has 0 spiro atoms. The van der Waals surface area contributed by atoms with Crippen molar-refractivity contribution < 1.29 is 0 Å². The Balaban J connectivity index is 1.12. The van der Waals surface area contributed by atoms with Crippen molar-refractivity contribution >= 4 is 54.6 Å². The fourth-order valence-electron chi connectivity index (χ4n) is 7.55. The van der Waals surface area contributed by atoms with E-state index in [-0.39, 0.29) is 5.56 Å². The Kier molecular flexibility index (Phi) is 5.96. The van der Waals surface area contributed by atoms with Crippen LogP contribution in [0.15, 0.2) is 169 Å². The van der Waals surface area contributed by atoms with Crippen LogP contribution in [0.1, 0.15) is 0 Å². The lowest BCUT2D eigenvalue weighted by Crippen LogP contribution is -2.05. The lowest BCUT2D eigenvalue weighted by molar-refractivity contribution is 1.18. The number of aromatic amines is 1. The molecule has 0 radical (unpaired) electrons. The summed E-state index contributed by atoms with van der Waals surface area (Å²) in [7, 11) is 0. The van der Waals surface area contributed by atoms with E-state index < -0.39 is 0 Å². The number of aromatic nitrogens is 4. The molecule has 0 aliphatic rings. The fraction of sp³-hybridized carbons (Fsp3) is 0. The van der Waals surface area contributed by atoms with E-state index in [4.69, 9.17) is 0 Å². The maximum atomic E-state index is 12.3. The first kappa shape index (κ1) is 27.4. The molecule has 0 unspecified atom stereocenters. The summed E-state index contributed by atoms with van der Waals surface area (Å²) in [5.74, 6) is 0. The summed E-state index contributed by atoms with van der Waals surface area (Å²) < 4.78 is 4.65. The zero-order valence-electron chi connectivity index (χ0n) is 26.3. The van der Waals surface area contributed by atoms with Gasteiger partial charge in [0, 0.05) is 32.9 Å². The number of hydrogen-bond acceptors (Lipinski definition) is 2. The third-order valence-electron chi connectivity index (χ3n) is 9.75. The van der Waals surface area contributed by atoms with Gasteiger partial charge in [-0.15, -0.1) is 0 Å². The van der Waals surface area contributed by atoms with Crippen LogP contribution in [0, 0.1) is 0 Å². The van der Waals surface area contributed by atoms with Crippen molar-refractivity contribution in [2.24, 2.45) is 0 Å². The molecule has 10 aromatic rings. The van der Waals surface area contributed by atoms with Gasteiger partial charge in [-0.2, -0.15) is 0 Å². The van der Waals surface area contributed by atoms with Gasteiger partial charge in [0.1, 0.15) is 0 Å². The standard InChI is InChI=1S/C44H28N4O/c49-44-27-45-38-25-36(28-17-21-30(22-18-28)47-40-13-5-1-9-32(40)33-10-2-6-14-41(33)47)37(26-39(38)46-44)29-19-23-31(24-20-29)48-42-15-7-3-11-34(42)35-12-4-8-16-43(35)48/h1-27H,(H,46,49). The van der Waals surface area contributed by atoms with Crippen LogP contribution in [0.3, 0.4) is 0 Å². The molecule has 0 bridgehead atoms. The summed E-state index contributed by atoms with van der Waals surface area (Å²) in [4.78, 5) is 19.8. The normalized spacial score (nSPS) is 11.8. The van der Waals surface area contributed by atoms with Crippen LogP contribution in [0.5, 0.6) is 0 Å². The van der Waals surface area contributed by atoms with Gasteiger partial charge in [0.25, 0.3) is 5.56 Å². The van der Waals surface area contributed by atoms with Gasteiger partial charge in [0.2, 0.25) is 0 Å². The van der Waals surface area contributed by atoms with Gasteiger partial charge in [0.05, 0.1) is 39.3 Å². The van der Waals surface area contributed by atoms with Gasteiger partial charge in [-0.1, -0.05) is 97.1 Å². The first-order chi connectivity index (χ1) is 24.2. The van der Waals surface area contributed by atoms with Crippen molar-refractivity contribution in [2.45, 2.75) is 0 Å². The monoisotopic (exact) mass is 628 g/mol. The van der Waals surface area contributed by atoms with Crippen LogP contribution in [0.2, 0.25) is 0 Å². The average Bonchev–Trinajstić information content (AvgIpc) is 3.68. The van der Waals surface area contributed by atoms with Gasteiger partial charge in [-0.05, 0) is 82.9 Å². The van der Waals surface area contributed by atoms with Crippen molar-refractivity contribution in [1.29, 1.82) is 0 Å². The Bertz CT molecular complexity index is 2840. The van der Waals surface area contributed by atoms with Crippen LogP contribution in [-0.2, 0) is 0 Å². The fourth-order valence-corrected chi connectivity index (χ4v) is 7.55. The highest BCUT2D eigenvalue weighted by atomic mass is 16.1. The molecule has 0 amide bonds. The van der Waals surface area contributed by atoms with Gasteiger partial charge in [0.15, 0.2) is 0 Å². The van der Waals surface area contributed by atoms with Crippen molar-refractivity contribution in [3.05, 3.63) is 174 Å². The molecule has 0 fully saturated rings. The first-order valence-electron chi connectivity index (χ1n) is 16.4. The molecule has 0 saturated heterocycles. The SMILES string of the molecule is O=c1cnc2cc(-c3ccc(-n4c5ccccc5c5ccccc54)cc3)c(-c3ccc(-n4c5ccccc5c5ccccc54)cc3)cc2[nH]1. The molecule has 7 aromatic carbocycles. The summed E-state index contributed by atoms with van der Waals surface area (Å²) in [5.41, 5.74) is 12.3. The van der Waals surface area contributed by atoms with E-state index >= 15 is 0 Å². The minimum atomic E-state index is -0.219. The van der Waals surface area contributed by atoms with E-state index in [0.29, 0.717) is 5.52 Å². The summed E-state index contributed by atoms with van der Waals surface area (Å²) in [6, 6.07) is 55.8. The summed E-state index contributed by atoms with van der Waals surface area (Å²) >= 11 is 0. The van der Waals surface area contributed by atoms with Gasteiger partial charge in [-0.3, -0.25) is 4.79 Å². The number of nitrogens with one attached hydrogen (secondary N) is 1. The predicted molar refractivity (Wildman–Crippen MR) is 202 cm³/mol. The number of benzene rings is 7. The lowest BCUT2D eigenvalue weighted by Gasteiger charge is -2.15. The Hall–Kier alpha value is -6.72. The van der Waals surface area contributed by atoms with E-state index in [0.717, 1.165) is 39.1 Å². The third kappa shape index (κ3) is 4.26. The molecule has 0 saturated carbocycles. The first-order valence-corrected chi connectivity index (χ1v) is 16.4. The molecule has 0 atom stereocenters. The minimum absolute atomic E-state index is 0.219. The van der Waals surface area contributed by atoms with Crippen molar-refractivity contribution in [3.63, 3.8) is 0 Å². The van der Waals surface area contributed by atoms with Crippen molar-refractivity contribution in [1.82, 2.24) is 19.1 Å². The van der Waals surface area contributed by atoms with Crippen LogP contribution in [-0.4, -0.2) is 19.1 Å². The Morgan fingerprint density at radius 1 is 0.449 bits per heavy atom. The van der Waals surface area contributed by atoms with Gasteiger partial charge < -0.3 is 14.1 Å². The molecule has 5 heteroatoms. The highest BCUT2D eigenvalue weighted by Gasteiger charge is 2.16. The minimum Gasteiger partial charge on any atom is -0.319 e. The third-order valence-corrected chi connectivity index (χ3v) is 9.75. The molecule has 0 aliphatic heterocycles. The van der Waals surface area contributed by atoms with E-state index in [9.17, 15) is 4.79 Å². The largest absolute Gasteiger partial charge is 0.319 e. The van der Waals surface area contributed by atoms with Crippen LogP contribution in [0.25, 0.3) is 88.3 Å². The smallest absolute Gasteiger partial charge is 0.266 e. The number of hydrogen-bond donors (Lipinski definition) is 1. The quantitative estimate of drug-likeness (QED) is 0.211. The van der Waals surface area contributed by atoms with Crippen LogP contribution >= 0.6 is 0 Å². The number of nitrogens with zero attached hydrogens (tertiary/aromatic N) is 3. The molecule has 10 rings (SSSR count). The summed E-state index contributed by atoms with van der Waals surface area (Å²) in [5, 5.41) is 4.95. The Labute approximate surface area is 281 Å². The molecule has 230 valence electrons. The Morgan fingerprint density at radius 3 is 1.27 bits per heavy atom. The molecule has 49 heavy (non-hydrogen) atoms. The maximum Gasteiger partial charge on any atom is 0.266 e. The van der Waals surface area contributed by atoms with Crippen molar-refractivity contribution in [3.8, 4) is 33.6 Å². The van der Waals surface area contributed by atoms with Crippen molar-refractivity contribution in [2.75, 3.05) is 0 Å². The second-order valence-electron chi connectivity index (χ2n) is 12.5. The van der Waals surface area contributed by atoms with Crippen LogP contribution in [0.4, 0.5) is 0 Å². The summed E-state index contributed by atoms with van der Waals surface area (Å²) in [6.07, 6.45) is 1.34. The molecule has 1 N–H and O–H groups in total. The van der Waals surface area contributed by atoms with Gasteiger partial charge >= 0.3 is 0 Å². The number of para-hydroxylation sites is 4. The zero-order chi connectivity index (χ0) is 32.5. The maximum absolute atomic E-state index is 12.3. The lowest BCUT2D eigenvalue weighted by atomic mass is 9.93. The number of H-pyrrole nitrogens is 1. The molecular weight excluding hydrogens is 601 g/mol. The van der Waals surface area contributed by atoms with E-state index in [2.05, 4.69) is 177 Å². The average molecular weight is 629 g/mol. The van der Waals surface area contributed by atoms with E-state index in [1.165, 1.54) is 49.8 Å². The van der Waals surface area contributed by atoms with E-state index in [1.54, 1.807) is 0 Å². The number of fused-ring (bicyclic) bond motifs is 7. The van der Waals surface area contributed by atoms with Crippen LogP contribution < -0.4 is 5.56 Å². The molecule has 3 heterocycles. The predicted octanol–water partition coefficient (Wildman–Crippen LogP) is 10.5. The highest BCUT2D eigenvalue weighted by molar-refractivity contribution is 6.10. The highest BCUT2D eigenvalue weighted by Crippen LogP contribution is 2.38. The van der Waals surface area contributed by atoms with E-state index in [1.807, 2.05) is 0 Å². The molecule has 3 aromatic heterocycles. The second kappa shape index (κ2) is 10.7. The molecule has 0 aliphatic carbocycles. The van der Waals surface area contributed by atoms with Gasteiger partial charge in [-0.25, -0.2) is 4.98 Å². The second-order valence-corrected chi connectivity index (χ2v) is 12.5. The molecular formula is C44H28N4O. The zero-order valence-corrected chi connectivity index (χ0v) is 26.3. The number of rotatable bonds is 4.